The van der Waals surface area contributed by atoms with E-state index in [1.807, 2.05) is 0 Å². The van der Waals surface area contributed by atoms with Crippen molar-refractivity contribution in [3.63, 3.8) is 0 Å². The van der Waals surface area contributed by atoms with Crippen LogP contribution in [0, 0.1) is 0 Å². The molecule has 1 unspecified atom stereocenters. The van der Waals surface area contributed by atoms with Gasteiger partial charge in [0.15, 0.2) is 6.04 Å². The van der Waals surface area contributed by atoms with Crippen molar-refractivity contribution in [1.82, 2.24) is 5.32 Å². The molecule has 1 heterocycles. The number of nitrogens with one attached hydrogen (secondary N) is 1. The second-order valence-corrected chi connectivity index (χ2v) is 2.14. The van der Waals surface area contributed by atoms with E-state index in [9.17, 15) is 9.59 Å². The summed E-state index contributed by atoms with van der Waals surface area (Å²) < 4.78 is 3.23. The molecule has 0 spiro atoms. The van der Waals surface area contributed by atoms with E-state index in [4.69, 9.17) is 0 Å². The Hall–Kier alpha value is -0.780. The largest absolute Gasteiger partial charge is 0.294 e. The fourth-order valence-corrected chi connectivity index (χ4v) is 0.907. The lowest BCUT2D eigenvalue weighted by atomic mass is 10.3. The first-order valence-electron chi connectivity index (χ1n) is 2.59. The number of rotatable bonds is 1. The summed E-state index contributed by atoms with van der Waals surface area (Å²) in [6.45, 7) is 0. The summed E-state index contributed by atoms with van der Waals surface area (Å²) in [6.07, 6.45) is 0.105. The van der Waals surface area contributed by atoms with Crippen molar-refractivity contribution in [2.75, 3.05) is 0 Å². The van der Waals surface area contributed by atoms with E-state index >= 15 is 0 Å². The molecule has 2 amide bonds. The number of hydrogen-bond acceptors (Lipinski definition) is 4. The van der Waals surface area contributed by atoms with E-state index in [1.54, 1.807) is 0 Å². The number of carbonyl (C=O) groups is 2. The lowest BCUT2D eigenvalue weighted by Gasteiger charge is -1.90. The van der Waals surface area contributed by atoms with Gasteiger partial charge in [-0.05, 0) is 0 Å². The molecule has 1 fully saturated rings. The molecule has 1 N–H and O–H groups in total. The second kappa shape index (κ2) is 2.87. The number of imide groups is 1. The molecule has 0 aromatic heterocycles. The Morgan fingerprint density at radius 3 is 2.70 bits per heavy atom. The predicted octanol–water partition coefficient (Wildman–Crippen LogP) is 0.164. The van der Waals surface area contributed by atoms with Crippen LogP contribution >= 0.6 is 16.1 Å². The third-order valence-corrected chi connectivity index (χ3v) is 1.31. The van der Waals surface area contributed by atoms with Crippen LogP contribution in [0.25, 0.3) is 0 Å². The smallest absolute Gasteiger partial charge is 0.253 e. The maximum Gasteiger partial charge on any atom is 0.253 e. The molecule has 1 aliphatic rings. The summed E-state index contributed by atoms with van der Waals surface area (Å²) in [5, 5.41) is 5.56. The summed E-state index contributed by atoms with van der Waals surface area (Å²) in [5.41, 5.74) is 0. The van der Waals surface area contributed by atoms with Gasteiger partial charge in [-0.2, -0.15) is 5.11 Å². The van der Waals surface area contributed by atoms with Crippen molar-refractivity contribution in [3.05, 3.63) is 0 Å². The zero-order valence-corrected chi connectivity index (χ0v) is 6.46. The summed E-state index contributed by atoms with van der Waals surface area (Å²) in [6, 6.07) is -0.633. The van der Waals surface area contributed by atoms with Crippen LogP contribution in [0.3, 0.4) is 0 Å². The zero-order chi connectivity index (χ0) is 7.56. The quantitative estimate of drug-likeness (QED) is 0.490. The van der Waals surface area contributed by atoms with Crippen LogP contribution in [0.1, 0.15) is 6.42 Å². The Balaban J connectivity index is 2.63. The van der Waals surface area contributed by atoms with Gasteiger partial charge >= 0.3 is 0 Å². The maximum absolute atomic E-state index is 10.7. The van der Waals surface area contributed by atoms with Crippen LogP contribution in [0.5, 0.6) is 0 Å². The Morgan fingerprint density at radius 2 is 2.30 bits per heavy atom. The van der Waals surface area contributed by atoms with Gasteiger partial charge in [0.05, 0.1) is 22.6 Å². The van der Waals surface area contributed by atoms with Crippen molar-refractivity contribution in [3.8, 4) is 0 Å². The predicted molar refractivity (Wildman–Crippen MR) is 35.3 cm³/mol. The zero-order valence-electron chi connectivity index (χ0n) is 4.87. The first kappa shape index (κ1) is 7.33. The van der Waals surface area contributed by atoms with Crippen LogP contribution in [0.4, 0.5) is 0 Å². The Bertz CT molecular complexity index is 203. The Kier molecular flexibility index (Phi) is 2.10. The topological polar surface area (TPSA) is 70.9 Å². The first-order valence-corrected chi connectivity index (χ1v) is 3.30. The lowest BCUT2D eigenvalue weighted by molar-refractivity contribution is -0.125. The van der Waals surface area contributed by atoms with Crippen molar-refractivity contribution < 1.29 is 9.59 Å². The van der Waals surface area contributed by atoms with Gasteiger partial charge in [0.1, 0.15) is 0 Å². The van der Waals surface area contributed by atoms with Crippen LogP contribution in [0.15, 0.2) is 9.25 Å². The Labute approximate surface area is 65.2 Å². The minimum absolute atomic E-state index is 0.105. The van der Waals surface area contributed by atoms with Crippen LogP contribution in [-0.4, -0.2) is 17.9 Å². The van der Waals surface area contributed by atoms with Crippen LogP contribution in [-0.2, 0) is 9.59 Å². The number of nitrogens with zero attached hydrogens (tertiary/aromatic N) is 2. The van der Waals surface area contributed by atoms with E-state index in [1.165, 1.54) is 0 Å². The lowest BCUT2D eigenvalue weighted by Crippen LogP contribution is -2.23. The van der Waals surface area contributed by atoms with E-state index < -0.39 is 6.04 Å². The van der Waals surface area contributed by atoms with Crippen LogP contribution < -0.4 is 5.32 Å². The highest BCUT2D eigenvalue weighted by Crippen LogP contribution is 2.07. The maximum atomic E-state index is 10.7. The molecular formula is C4H4BrN3O2. The third kappa shape index (κ3) is 1.38. The fourth-order valence-electron chi connectivity index (χ4n) is 0.686. The van der Waals surface area contributed by atoms with Gasteiger partial charge in [-0.1, -0.05) is 0 Å². The van der Waals surface area contributed by atoms with E-state index in [0.29, 0.717) is 0 Å². The van der Waals surface area contributed by atoms with Gasteiger partial charge in [0.25, 0.3) is 5.91 Å². The average Bonchev–Trinajstić information content (AvgIpc) is 2.13. The van der Waals surface area contributed by atoms with Gasteiger partial charge in [-0.25, -0.2) is 0 Å². The molecule has 0 bridgehead atoms. The second-order valence-electron chi connectivity index (χ2n) is 1.82. The van der Waals surface area contributed by atoms with E-state index in [-0.39, 0.29) is 18.2 Å². The number of hydrogen-bond donors (Lipinski definition) is 1. The molecule has 0 saturated carbocycles. The number of amides is 2. The van der Waals surface area contributed by atoms with Crippen molar-refractivity contribution in [2.45, 2.75) is 12.5 Å². The van der Waals surface area contributed by atoms with E-state index in [2.05, 4.69) is 30.7 Å². The minimum Gasteiger partial charge on any atom is -0.294 e. The number of carbonyl (C=O) groups excluding carboxylic acids is 2. The monoisotopic (exact) mass is 205 g/mol. The average molecular weight is 206 g/mol. The molecule has 1 aliphatic heterocycles. The standard InChI is InChI=1S/C4H4BrN3O2/c5-8-7-2-1-3(9)6-4(2)10/h2H,1H2,(H,6,9,10). The van der Waals surface area contributed by atoms with Gasteiger partial charge < -0.3 is 0 Å². The van der Waals surface area contributed by atoms with Crippen molar-refractivity contribution in [2.24, 2.45) is 9.25 Å². The molecule has 5 nitrogen and oxygen atoms in total. The highest BCUT2D eigenvalue weighted by atomic mass is 79.9. The molecular weight excluding hydrogens is 202 g/mol. The third-order valence-electron chi connectivity index (χ3n) is 1.13. The molecule has 1 saturated heterocycles. The highest BCUT2D eigenvalue weighted by molar-refractivity contribution is 9.08. The SMILES string of the molecule is O=C1CC(N=NBr)C(=O)N1. The van der Waals surface area contributed by atoms with Gasteiger partial charge in [-0.3, -0.25) is 14.9 Å². The summed E-state index contributed by atoms with van der Waals surface area (Å²) in [7, 11) is 0. The molecule has 0 aliphatic carbocycles. The molecule has 1 atom stereocenters. The number of halogens is 1. The molecule has 0 radical (unpaired) electrons. The first-order chi connectivity index (χ1) is 4.74. The molecule has 0 aromatic carbocycles. The highest BCUT2D eigenvalue weighted by Gasteiger charge is 2.30. The summed E-state index contributed by atoms with van der Waals surface area (Å²) >= 11 is 2.67. The van der Waals surface area contributed by atoms with Gasteiger partial charge in [-0.15, -0.1) is 4.14 Å². The van der Waals surface area contributed by atoms with E-state index in [0.717, 1.165) is 0 Å². The van der Waals surface area contributed by atoms with Crippen LogP contribution in [0.2, 0.25) is 0 Å². The molecule has 10 heavy (non-hydrogen) atoms. The summed E-state index contributed by atoms with van der Waals surface area (Å²) in [5.74, 6) is -0.678. The molecule has 54 valence electrons. The molecule has 1 rings (SSSR count). The molecule has 6 heteroatoms. The minimum atomic E-state index is -0.633. The fraction of sp³-hybridized carbons (Fsp3) is 0.500. The van der Waals surface area contributed by atoms with Gasteiger partial charge in [0, 0.05) is 0 Å². The normalized spacial score (nSPS) is 25.9. The molecule has 0 aromatic rings. The van der Waals surface area contributed by atoms with Crippen molar-refractivity contribution in [1.29, 1.82) is 0 Å². The van der Waals surface area contributed by atoms with Crippen molar-refractivity contribution >= 4 is 28.0 Å². The summed E-state index contributed by atoms with van der Waals surface area (Å²) in [4.78, 5) is 21.2. The van der Waals surface area contributed by atoms with Gasteiger partial charge in [0.2, 0.25) is 5.91 Å². The Morgan fingerprint density at radius 1 is 1.60 bits per heavy atom.